The van der Waals surface area contributed by atoms with Gasteiger partial charge in [-0.05, 0) is 49.7 Å². The van der Waals surface area contributed by atoms with Gasteiger partial charge in [0, 0.05) is 5.56 Å². The highest BCUT2D eigenvalue weighted by molar-refractivity contribution is 9.10. The topological polar surface area (TPSA) is 68.7 Å². The average molecular weight is 377 g/mol. The van der Waals surface area contributed by atoms with Crippen LogP contribution in [0.25, 0.3) is 0 Å². The van der Waals surface area contributed by atoms with Gasteiger partial charge in [0.25, 0.3) is 0 Å². The van der Waals surface area contributed by atoms with Crippen molar-refractivity contribution in [3.63, 3.8) is 0 Å². The van der Waals surface area contributed by atoms with Crippen LogP contribution in [0, 0.1) is 5.82 Å². The van der Waals surface area contributed by atoms with Gasteiger partial charge < -0.3 is 9.47 Å². The van der Waals surface area contributed by atoms with Crippen LogP contribution in [0.1, 0.15) is 33.3 Å². The number of halogens is 2. The lowest BCUT2D eigenvalue weighted by atomic mass is 10.2. The maximum atomic E-state index is 13.8. The second-order valence-corrected chi connectivity index (χ2v) is 6.18. The Morgan fingerprint density at radius 3 is 2.55 bits per heavy atom. The van der Waals surface area contributed by atoms with Crippen molar-refractivity contribution in [2.75, 3.05) is 6.61 Å². The predicted octanol–water partition coefficient (Wildman–Crippen LogP) is 3.88. The molecule has 0 bridgehead atoms. The summed E-state index contributed by atoms with van der Waals surface area (Å²) in [7, 11) is 0. The van der Waals surface area contributed by atoms with Crippen molar-refractivity contribution in [2.24, 2.45) is 0 Å². The number of carbonyl (C=O) groups excluding carboxylic acids is 2. The zero-order valence-electron chi connectivity index (χ0n) is 12.9. The van der Waals surface area contributed by atoms with E-state index >= 15 is 0 Å². The van der Waals surface area contributed by atoms with Crippen molar-refractivity contribution in [1.29, 1.82) is 0 Å². The van der Waals surface area contributed by atoms with Gasteiger partial charge in [0.15, 0.2) is 0 Å². The van der Waals surface area contributed by atoms with Crippen LogP contribution >= 0.6 is 15.9 Å². The Kier molecular flexibility index (Phi) is 6.28. The molecule has 0 radical (unpaired) electrons. The Balaban J connectivity index is 3.02. The maximum absolute atomic E-state index is 13.8. The normalized spacial score (nSPS) is 11.0. The van der Waals surface area contributed by atoms with Crippen LogP contribution in [0.3, 0.4) is 0 Å². The Labute approximate surface area is 136 Å². The zero-order valence-corrected chi connectivity index (χ0v) is 14.4. The number of pyridine rings is 1. The van der Waals surface area contributed by atoms with Gasteiger partial charge >= 0.3 is 12.2 Å². The number of ether oxygens (including phenoxy) is 2. The molecule has 0 fully saturated rings. The van der Waals surface area contributed by atoms with Gasteiger partial charge in [0.1, 0.15) is 16.0 Å². The first-order chi connectivity index (χ1) is 10.1. The summed E-state index contributed by atoms with van der Waals surface area (Å²) in [6.07, 6.45) is -0.806. The lowest BCUT2D eigenvalue weighted by molar-refractivity contribution is 0.0209. The van der Waals surface area contributed by atoms with E-state index in [4.69, 9.17) is 9.47 Å². The first kappa shape index (κ1) is 18.3. The van der Waals surface area contributed by atoms with Crippen LogP contribution in [-0.2, 0) is 16.0 Å². The number of carbonyl (C=O) groups is 2. The number of imide groups is 1. The third-order valence-electron chi connectivity index (χ3n) is 2.33. The Bertz CT molecular complexity index is 560. The van der Waals surface area contributed by atoms with Crippen molar-refractivity contribution in [2.45, 2.75) is 39.8 Å². The predicted molar refractivity (Wildman–Crippen MR) is 80.7 cm³/mol. The van der Waals surface area contributed by atoms with E-state index in [0.717, 1.165) is 6.20 Å². The standard InChI is InChI=1S/C14H18BrFN2O4/c1-5-21-12(19)18(13(20)22-14(2,3)4)8-9-6-11(15)17-7-10(9)16/h6-7H,5,8H2,1-4H3. The second kappa shape index (κ2) is 7.53. The number of hydrogen-bond acceptors (Lipinski definition) is 5. The molecule has 8 heteroatoms. The highest BCUT2D eigenvalue weighted by Crippen LogP contribution is 2.18. The molecule has 6 nitrogen and oxygen atoms in total. The second-order valence-electron chi connectivity index (χ2n) is 5.36. The summed E-state index contributed by atoms with van der Waals surface area (Å²) in [4.78, 5) is 28.5. The van der Waals surface area contributed by atoms with Gasteiger partial charge in [-0.3, -0.25) is 0 Å². The van der Waals surface area contributed by atoms with Crippen molar-refractivity contribution in [3.05, 3.63) is 28.2 Å². The minimum absolute atomic E-state index is 0.0840. The fourth-order valence-electron chi connectivity index (χ4n) is 1.46. The molecule has 1 aromatic rings. The number of rotatable bonds is 3. The van der Waals surface area contributed by atoms with Crippen LogP contribution in [0.15, 0.2) is 16.9 Å². The Morgan fingerprint density at radius 1 is 1.36 bits per heavy atom. The van der Waals surface area contributed by atoms with Gasteiger partial charge in [-0.2, -0.15) is 0 Å². The summed E-state index contributed by atoms with van der Waals surface area (Å²) in [5.74, 6) is -0.638. The molecule has 0 aromatic carbocycles. The van der Waals surface area contributed by atoms with Crippen LogP contribution in [-0.4, -0.2) is 34.3 Å². The highest BCUT2D eigenvalue weighted by Gasteiger charge is 2.29. The highest BCUT2D eigenvalue weighted by atomic mass is 79.9. The summed E-state index contributed by atoms with van der Waals surface area (Å²) in [5.41, 5.74) is -0.681. The van der Waals surface area contributed by atoms with E-state index in [9.17, 15) is 14.0 Å². The van der Waals surface area contributed by atoms with Crippen molar-refractivity contribution >= 4 is 28.1 Å². The van der Waals surface area contributed by atoms with Crippen molar-refractivity contribution in [3.8, 4) is 0 Å². The Morgan fingerprint density at radius 2 is 2.00 bits per heavy atom. The molecule has 2 amide bonds. The van der Waals surface area contributed by atoms with Gasteiger partial charge in [-0.15, -0.1) is 0 Å². The van der Waals surface area contributed by atoms with Crippen LogP contribution in [0.4, 0.5) is 14.0 Å². The summed E-state index contributed by atoms with van der Waals surface area (Å²) in [6.45, 7) is 6.36. The number of amides is 2. The van der Waals surface area contributed by atoms with Crippen LogP contribution in [0.2, 0.25) is 0 Å². The summed E-state index contributed by atoms with van der Waals surface area (Å²) >= 11 is 3.11. The fraction of sp³-hybridized carbons (Fsp3) is 0.500. The quantitative estimate of drug-likeness (QED) is 0.748. The van der Waals surface area contributed by atoms with E-state index in [1.54, 1.807) is 27.7 Å². The molecule has 0 saturated heterocycles. The average Bonchev–Trinajstić information content (AvgIpc) is 2.37. The fourth-order valence-corrected chi connectivity index (χ4v) is 1.84. The molecule has 122 valence electrons. The molecule has 0 aliphatic carbocycles. The monoisotopic (exact) mass is 376 g/mol. The largest absolute Gasteiger partial charge is 0.449 e. The molecular formula is C14H18BrFN2O4. The number of hydrogen-bond donors (Lipinski definition) is 0. The zero-order chi connectivity index (χ0) is 16.9. The number of aromatic nitrogens is 1. The summed E-state index contributed by atoms with van der Waals surface area (Å²) < 4.78 is 24.1. The minimum Gasteiger partial charge on any atom is -0.449 e. The van der Waals surface area contributed by atoms with E-state index in [-0.39, 0.29) is 18.7 Å². The molecule has 0 N–H and O–H groups in total. The molecule has 0 aliphatic rings. The molecule has 1 aromatic heterocycles. The molecule has 1 heterocycles. The van der Waals surface area contributed by atoms with E-state index in [2.05, 4.69) is 20.9 Å². The molecule has 22 heavy (non-hydrogen) atoms. The first-order valence-electron chi connectivity index (χ1n) is 6.61. The summed E-state index contributed by atoms with van der Waals surface area (Å²) in [5, 5.41) is 0. The van der Waals surface area contributed by atoms with E-state index in [1.807, 2.05) is 0 Å². The third-order valence-corrected chi connectivity index (χ3v) is 2.77. The summed E-state index contributed by atoms with van der Waals surface area (Å²) in [6, 6.07) is 1.38. The molecule has 0 spiro atoms. The molecule has 0 saturated carbocycles. The van der Waals surface area contributed by atoms with Crippen molar-refractivity contribution < 1.29 is 23.5 Å². The molecule has 0 unspecified atom stereocenters. The van der Waals surface area contributed by atoms with Gasteiger partial charge in [-0.25, -0.2) is 23.9 Å². The molecule has 0 atom stereocenters. The van der Waals surface area contributed by atoms with Crippen LogP contribution < -0.4 is 0 Å². The van der Waals surface area contributed by atoms with Gasteiger partial charge in [-0.1, -0.05) is 0 Å². The third kappa shape index (κ3) is 5.59. The SMILES string of the molecule is CCOC(=O)N(Cc1cc(Br)ncc1F)C(=O)OC(C)(C)C. The maximum Gasteiger partial charge on any atom is 0.420 e. The van der Waals surface area contributed by atoms with Crippen molar-refractivity contribution in [1.82, 2.24) is 9.88 Å². The first-order valence-corrected chi connectivity index (χ1v) is 7.40. The Hall–Kier alpha value is -1.70. The lowest BCUT2D eigenvalue weighted by Crippen LogP contribution is -2.41. The molecule has 1 rings (SSSR count). The van der Waals surface area contributed by atoms with Gasteiger partial charge in [0.2, 0.25) is 0 Å². The smallest absolute Gasteiger partial charge is 0.420 e. The van der Waals surface area contributed by atoms with Crippen LogP contribution in [0.5, 0.6) is 0 Å². The number of nitrogens with zero attached hydrogens (tertiary/aromatic N) is 2. The molecule has 0 aliphatic heterocycles. The minimum atomic E-state index is -0.904. The van der Waals surface area contributed by atoms with E-state index < -0.39 is 23.6 Å². The van der Waals surface area contributed by atoms with E-state index in [1.165, 1.54) is 6.07 Å². The van der Waals surface area contributed by atoms with E-state index in [0.29, 0.717) is 9.50 Å². The lowest BCUT2D eigenvalue weighted by Gasteiger charge is -2.25. The molecular weight excluding hydrogens is 359 g/mol. The van der Waals surface area contributed by atoms with Gasteiger partial charge in [0.05, 0.1) is 19.3 Å².